The number of hydrogen-bond acceptors (Lipinski definition) is 1. The van der Waals surface area contributed by atoms with E-state index in [0.717, 1.165) is 17.7 Å². The predicted molar refractivity (Wildman–Crippen MR) is 84.6 cm³/mol. The van der Waals surface area contributed by atoms with Gasteiger partial charge in [0.25, 0.3) is 0 Å². The van der Waals surface area contributed by atoms with Crippen molar-refractivity contribution in [3.63, 3.8) is 0 Å². The fourth-order valence-electron chi connectivity index (χ4n) is 2.07. The minimum atomic E-state index is -0.457. The lowest BCUT2D eigenvalue weighted by molar-refractivity contribution is 0.581. The molecule has 0 aliphatic heterocycles. The molecule has 2 aromatic rings. The Hall–Kier alpha value is -2.43. The van der Waals surface area contributed by atoms with Crippen LogP contribution < -0.4 is 10.6 Å². The first kappa shape index (κ1) is 15.9. The van der Waals surface area contributed by atoms with E-state index in [2.05, 4.69) is 15.6 Å². The van der Waals surface area contributed by atoms with Crippen LogP contribution in [0, 0.1) is 18.6 Å². The Labute approximate surface area is 129 Å². The number of benzene rings is 2. The number of nitrogens with zero attached hydrogens (tertiary/aromatic N) is 1. The second-order valence-corrected chi connectivity index (χ2v) is 4.94. The van der Waals surface area contributed by atoms with Crippen LogP contribution >= 0.6 is 0 Å². The van der Waals surface area contributed by atoms with Crippen molar-refractivity contribution in [3.8, 4) is 0 Å². The lowest BCUT2D eigenvalue weighted by Gasteiger charge is -2.13. The van der Waals surface area contributed by atoms with Crippen LogP contribution in [0.2, 0.25) is 0 Å². The van der Waals surface area contributed by atoms with Gasteiger partial charge in [0.15, 0.2) is 5.96 Å². The quantitative estimate of drug-likeness (QED) is 0.672. The molecule has 2 N–H and O–H groups in total. The SMILES string of the molecule is CN=C(NCc1ccccc1C)NCc1cc(F)ccc1F. The van der Waals surface area contributed by atoms with Crippen molar-refractivity contribution in [2.45, 2.75) is 20.0 Å². The number of rotatable bonds is 4. The van der Waals surface area contributed by atoms with Crippen molar-refractivity contribution < 1.29 is 8.78 Å². The first-order chi connectivity index (χ1) is 10.6. The van der Waals surface area contributed by atoms with Crippen molar-refractivity contribution in [1.82, 2.24) is 10.6 Å². The number of aryl methyl sites for hydroxylation is 1. The van der Waals surface area contributed by atoms with Crippen LogP contribution in [-0.2, 0) is 13.1 Å². The minimum Gasteiger partial charge on any atom is -0.352 e. The largest absolute Gasteiger partial charge is 0.352 e. The Morgan fingerprint density at radius 3 is 2.36 bits per heavy atom. The van der Waals surface area contributed by atoms with Crippen LogP contribution in [0.1, 0.15) is 16.7 Å². The van der Waals surface area contributed by atoms with E-state index in [-0.39, 0.29) is 12.1 Å². The molecule has 5 heteroatoms. The van der Waals surface area contributed by atoms with E-state index < -0.39 is 11.6 Å². The van der Waals surface area contributed by atoms with Gasteiger partial charge in [-0.05, 0) is 36.2 Å². The van der Waals surface area contributed by atoms with Crippen LogP contribution in [-0.4, -0.2) is 13.0 Å². The minimum absolute atomic E-state index is 0.164. The average molecular weight is 303 g/mol. The van der Waals surface area contributed by atoms with Crippen molar-refractivity contribution in [1.29, 1.82) is 0 Å². The summed E-state index contributed by atoms with van der Waals surface area (Å²) >= 11 is 0. The molecule has 22 heavy (non-hydrogen) atoms. The fraction of sp³-hybridized carbons (Fsp3) is 0.235. The van der Waals surface area contributed by atoms with Crippen molar-refractivity contribution in [2.24, 2.45) is 4.99 Å². The molecular weight excluding hydrogens is 284 g/mol. The first-order valence-electron chi connectivity index (χ1n) is 7.03. The summed E-state index contributed by atoms with van der Waals surface area (Å²) in [4.78, 5) is 4.08. The summed E-state index contributed by atoms with van der Waals surface area (Å²) in [6.45, 7) is 2.81. The zero-order chi connectivity index (χ0) is 15.9. The molecule has 0 radical (unpaired) electrons. The van der Waals surface area contributed by atoms with Gasteiger partial charge >= 0.3 is 0 Å². The summed E-state index contributed by atoms with van der Waals surface area (Å²) in [7, 11) is 1.63. The Morgan fingerprint density at radius 1 is 1.00 bits per heavy atom. The van der Waals surface area contributed by atoms with Gasteiger partial charge in [-0.3, -0.25) is 4.99 Å². The van der Waals surface area contributed by atoms with Gasteiger partial charge in [0.05, 0.1) is 0 Å². The summed E-state index contributed by atoms with van der Waals surface area (Å²) in [5.74, 6) is -0.365. The number of guanidine groups is 1. The number of nitrogens with one attached hydrogen (secondary N) is 2. The van der Waals surface area contributed by atoms with Gasteiger partial charge in [-0.25, -0.2) is 8.78 Å². The molecular formula is C17H19F2N3. The van der Waals surface area contributed by atoms with Gasteiger partial charge in [0.1, 0.15) is 11.6 Å². The molecule has 0 spiro atoms. The lowest BCUT2D eigenvalue weighted by Crippen LogP contribution is -2.36. The summed E-state index contributed by atoms with van der Waals surface area (Å²) < 4.78 is 26.7. The zero-order valence-electron chi connectivity index (χ0n) is 12.7. The van der Waals surface area contributed by atoms with E-state index in [4.69, 9.17) is 0 Å². The maximum atomic E-state index is 13.6. The highest BCUT2D eigenvalue weighted by Crippen LogP contribution is 2.09. The molecule has 3 nitrogen and oxygen atoms in total. The van der Waals surface area contributed by atoms with Gasteiger partial charge < -0.3 is 10.6 Å². The molecule has 0 bridgehead atoms. The third kappa shape index (κ3) is 4.28. The molecule has 116 valence electrons. The monoisotopic (exact) mass is 303 g/mol. The number of aliphatic imine (C=N–C) groups is 1. The normalized spacial score (nSPS) is 11.4. The molecule has 0 atom stereocenters. The van der Waals surface area contributed by atoms with Crippen molar-refractivity contribution in [3.05, 3.63) is 70.8 Å². The van der Waals surface area contributed by atoms with E-state index in [1.54, 1.807) is 7.05 Å². The molecule has 0 saturated heterocycles. The summed E-state index contributed by atoms with van der Waals surface area (Å²) in [5, 5.41) is 6.13. The maximum Gasteiger partial charge on any atom is 0.191 e. The van der Waals surface area contributed by atoms with Gasteiger partial charge in [-0.15, -0.1) is 0 Å². The highest BCUT2D eigenvalue weighted by Gasteiger charge is 2.05. The first-order valence-corrected chi connectivity index (χ1v) is 7.03. The standard InChI is InChI=1S/C17H19F2N3/c1-12-5-3-4-6-13(12)10-21-17(20-2)22-11-14-9-15(18)7-8-16(14)19/h3-9H,10-11H2,1-2H3,(H2,20,21,22). The van der Waals surface area contributed by atoms with Crippen LogP contribution in [0.25, 0.3) is 0 Å². The molecule has 0 aliphatic rings. The zero-order valence-corrected chi connectivity index (χ0v) is 12.7. The molecule has 0 fully saturated rings. The van der Waals surface area contributed by atoms with Crippen LogP contribution in [0.3, 0.4) is 0 Å². The summed E-state index contributed by atoms with van der Waals surface area (Å²) in [6, 6.07) is 11.4. The predicted octanol–water partition coefficient (Wildman–Crippen LogP) is 3.14. The molecule has 0 saturated carbocycles. The van der Waals surface area contributed by atoms with Crippen LogP contribution in [0.4, 0.5) is 8.78 Å². The Kier molecular flexibility index (Phi) is 5.47. The van der Waals surface area contributed by atoms with E-state index in [1.807, 2.05) is 31.2 Å². The molecule has 0 unspecified atom stereocenters. The topological polar surface area (TPSA) is 36.4 Å². The van der Waals surface area contributed by atoms with Gasteiger partial charge in [-0.2, -0.15) is 0 Å². The fourth-order valence-corrected chi connectivity index (χ4v) is 2.07. The van der Waals surface area contributed by atoms with E-state index in [9.17, 15) is 8.78 Å². The summed E-state index contributed by atoms with van der Waals surface area (Å²) in [6.07, 6.45) is 0. The Bertz CT molecular complexity index is 669. The number of hydrogen-bond donors (Lipinski definition) is 2. The van der Waals surface area contributed by atoms with E-state index in [0.29, 0.717) is 12.5 Å². The smallest absolute Gasteiger partial charge is 0.191 e. The molecule has 2 rings (SSSR count). The highest BCUT2D eigenvalue weighted by atomic mass is 19.1. The lowest BCUT2D eigenvalue weighted by atomic mass is 10.1. The van der Waals surface area contributed by atoms with E-state index in [1.165, 1.54) is 11.6 Å². The number of halogens is 2. The second-order valence-electron chi connectivity index (χ2n) is 4.94. The van der Waals surface area contributed by atoms with Crippen molar-refractivity contribution in [2.75, 3.05) is 7.05 Å². The van der Waals surface area contributed by atoms with Crippen LogP contribution in [0.15, 0.2) is 47.5 Å². The third-order valence-electron chi connectivity index (χ3n) is 3.39. The Balaban J connectivity index is 1.93. The maximum absolute atomic E-state index is 13.6. The van der Waals surface area contributed by atoms with Crippen molar-refractivity contribution >= 4 is 5.96 Å². The molecule has 0 aliphatic carbocycles. The van der Waals surface area contributed by atoms with Crippen LogP contribution in [0.5, 0.6) is 0 Å². The molecule has 2 aromatic carbocycles. The van der Waals surface area contributed by atoms with Gasteiger partial charge in [-0.1, -0.05) is 24.3 Å². The highest BCUT2D eigenvalue weighted by molar-refractivity contribution is 5.79. The second kappa shape index (κ2) is 7.54. The average Bonchev–Trinajstić information content (AvgIpc) is 2.52. The van der Waals surface area contributed by atoms with E-state index >= 15 is 0 Å². The Morgan fingerprint density at radius 2 is 1.68 bits per heavy atom. The molecule has 0 aromatic heterocycles. The summed E-state index contributed by atoms with van der Waals surface area (Å²) in [5.41, 5.74) is 2.60. The third-order valence-corrected chi connectivity index (χ3v) is 3.39. The van der Waals surface area contributed by atoms with Gasteiger partial charge in [0, 0.05) is 25.7 Å². The molecule has 0 heterocycles. The van der Waals surface area contributed by atoms with Gasteiger partial charge in [0.2, 0.25) is 0 Å². The molecule has 0 amide bonds.